The maximum atomic E-state index is 5.92. The standard InChI is InChI=1S/C18H24N2O/c1-13-10-15(18(2,3)4)6-7-16(13)21-17-11-14(12-19-5)8-9-20-17/h6-11,19H,12H2,1-5H3. The number of aromatic nitrogens is 1. The molecule has 3 heteroatoms. The third-order valence-corrected chi connectivity index (χ3v) is 3.44. The first-order chi connectivity index (χ1) is 9.90. The van der Waals surface area contributed by atoms with Gasteiger partial charge in [0.1, 0.15) is 5.75 Å². The van der Waals surface area contributed by atoms with Gasteiger partial charge < -0.3 is 10.1 Å². The summed E-state index contributed by atoms with van der Waals surface area (Å²) >= 11 is 0. The van der Waals surface area contributed by atoms with Crippen LogP contribution in [0.3, 0.4) is 0 Å². The topological polar surface area (TPSA) is 34.2 Å². The monoisotopic (exact) mass is 284 g/mol. The van der Waals surface area contributed by atoms with E-state index in [2.05, 4.69) is 50.1 Å². The summed E-state index contributed by atoms with van der Waals surface area (Å²) in [6.07, 6.45) is 1.78. The summed E-state index contributed by atoms with van der Waals surface area (Å²) < 4.78 is 5.92. The second-order valence-corrected chi connectivity index (χ2v) is 6.36. The number of hydrogen-bond donors (Lipinski definition) is 1. The molecule has 0 spiro atoms. The molecule has 1 aromatic carbocycles. The van der Waals surface area contributed by atoms with Crippen molar-refractivity contribution in [1.82, 2.24) is 10.3 Å². The van der Waals surface area contributed by atoms with Crippen LogP contribution in [-0.4, -0.2) is 12.0 Å². The van der Waals surface area contributed by atoms with E-state index < -0.39 is 0 Å². The van der Waals surface area contributed by atoms with Gasteiger partial charge in [-0.15, -0.1) is 0 Å². The van der Waals surface area contributed by atoms with E-state index in [4.69, 9.17) is 4.74 Å². The Hall–Kier alpha value is -1.87. The normalized spacial score (nSPS) is 11.5. The Morgan fingerprint density at radius 1 is 1.14 bits per heavy atom. The smallest absolute Gasteiger partial charge is 0.219 e. The molecule has 2 rings (SSSR count). The molecule has 0 bridgehead atoms. The van der Waals surface area contributed by atoms with Crippen LogP contribution in [0.2, 0.25) is 0 Å². The molecule has 1 heterocycles. The Morgan fingerprint density at radius 3 is 2.52 bits per heavy atom. The first-order valence-electron chi connectivity index (χ1n) is 7.28. The number of ether oxygens (including phenoxy) is 1. The molecular weight excluding hydrogens is 260 g/mol. The van der Waals surface area contributed by atoms with Crippen LogP contribution < -0.4 is 10.1 Å². The number of nitrogens with one attached hydrogen (secondary N) is 1. The fourth-order valence-electron chi connectivity index (χ4n) is 2.16. The fourth-order valence-corrected chi connectivity index (χ4v) is 2.16. The minimum absolute atomic E-state index is 0.147. The summed E-state index contributed by atoms with van der Waals surface area (Å²) in [4.78, 5) is 4.28. The molecule has 0 aliphatic heterocycles. The molecule has 0 radical (unpaired) electrons. The second kappa shape index (κ2) is 6.27. The minimum atomic E-state index is 0.147. The van der Waals surface area contributed by atoms with Gasteiger partial charge in [0.2, 0.25) is 5.88 Å². The van der Waals surface area contributed by atoms with E-state index in [1.807, 2.05) is 25.2 Å². The Morgan fingerprint density at radius 2 is 1.90 bits per heavy atom. The largest absolute Gasteiger partial charge is 0.439 e. The van der Waals surface area contributed by atoms with E-state index in [1.165, 1.54) is 5.56 Å². The van der Waals surface area contributed by atoms with Gasteiger partial charge in [0.15, 0.2) is 0 Å². The highest BCUT2D eigenvalue weighted by molar-refractivity contribution is 5.40. The van der Waals surface area contributed by atoms with Crippen molar-refractivity contribution in [2.75, 3.05) is 7.05 Å². The average Bonchev–Trinajstić information content (AvgIpc) is 2.41. The molecule has 0 saturated carbocycles. The van der Waals surface area contributed by atoms with Crippen LogP contribution in [-0.2, 0) is 12.0 Å². The van der Waals surface area contributed by atoms with Crippen LogP contribution in [0.25, 0.3) is 0 Å². The van der Waals surface area contributed by atoms with Crippen molar-refractivity contribution < 1.29 is 4.74 Å². The maximum absolute atomic E-state index is 5.92. The Kier molecular flexibility index (Phi) is 4.63. The highest BCUT2D eigenvalue weighted by Gasteiger charge is 2.15. The molecule has 0 unspecified atom stereocenters. The number of benzene rings is 1. The predicted molar refractivity (Wildman–Crippen MR) is 87.0 cm³/mol. The summed E-state index contributed by atoms with van der Waals surface area (Å²) in [5.41, 5.74) is 3.74. The van der Waals surface area contributed by atoms with Gasteiger partial charge in [-0.05, 0) is 48.2 Å². The van der Waals surface area contributed by atoms with E-state index in [0.29, 0.717) is 5.88 Å². The van der Waals surface area contributed by atoms with Gasteiger partial charge in [-0.3, -0.25) is 0 Å². The van der Waals surface area contributed by atoms with Crippen molar-refractivity contribution in [3.63, 3.8) is 0 Å². The molecular formula is C18H24N2O. The summed E-state index contributed by atoms with van der Waals surface area (Å²) in [6.45, 7) is 9.52. The first-order valence-corrected chi connectivity index (χ1v) is 7.28. The van der Waals surface area contributed by atoms with Gasteiger partial charge >= 0.3 is 0 Å². The van der Waals surface area contributed by atoms with E-state index in [-0.39, 0.29) is 5.41 Å². The number of aryl methyl sites for hydroxylation is 1. The lowest BCUT2D eigenvalue weighted by Crippen LogP contribution is -2.11. The molecule has 0 fully saturated rings. The van der Waals surface area contributed by atoms with Crippen LogP contribution in [0.5, 0.6) is 11.6 Å². The highest BCUT2D eigenvalue weighted by atomic mass is 16.5. The quantitative estimate of drug-likeness (QED) is 0.913. The number of nitrogens with zero attached hydrogens (tertiary/aromatic N) is 1. The third kappa shape index (κ3) is 4.05. The summed E-state index contributed by atoms with van der Waals surface area (Å²) in [6, 6.07) is 10.3. The molecule has 0 amide bonds. The Balaban J connectivity index is 2.22. The van der Waals surface area contributed by atoms with Gasteiger partial charge in [0.05, 0.1) is 0 Å². The molecule has 0 atom stereocenters. The average molecular weight is 284 g/mol. The second-order valence-electron chi connectivity index (χ2n) is 6.36. The van der Waals surface area contributed by atoms with E-state index >= 15 is 0 Å². The van der Waals surface area contributed by atoms with Crippen LogP contribution in [0.4, 0.5) is 0 Å². The van der Waals surface area contributed by atoms with Gasteiger partial charge in [0, 0.05) is 18.8 Å². The Labute approximate surface area is 127 Å². The molecule has 0 saturated heterocycles. The Bertz CT molecular complexity index is 615. The number of pyridine rings is 1. The van der Waals surface area contributed by atoms with E-state index in [0.717, 1.165) is 23.4 Å². The lowest BCUT2D eigenvalue weighted by Gasteiger charge is -2.20. The van der Waals surface area contributed by atoms with Crippen molar-refractivity contribution in [2.45, 2.75) is 39.7 Å². The molecule has 21 heavy (non-hydrogen) atoms. The summed E-state index contributed by atoms with van der Waals surface area (Å²) in [5, 5.41) is 3.13. The van der Waals surface area contributed by atoms with Crippen LogP contribution in [0, 0.1) is 6.92 Å². The van der Waals surface area contributed by atoms with Gasteiger partial charge in [-0.2, -0.15) is 0 Å². The van der Waals surface area contributed by atoms with Crippen molar-refractivity contribution in [3.8, 4) is 11.6 Å². The molecule has 1 aromatic heterocycles. The van der Waals surface area contributed by atoms with Crippen molar-refractivity contribution in [2.24, 2.45) is 0 Å². The SMILES string of the molecule is CNCc1ccnc(Oc2ccc(C(C)(C)C)cc2C)c1. The molecule has 0 aliphatic carbocycles. The van der Waals surface area contributed by atoms with E-state index in [1.54, 1.807) is 6.20 Å². The number of rotatable bonds is 4. The highest BCUT2D eigenvalue weighted by Crippen LogP contribution is 2.29. The van der Waals surface area contributed by atoms with Gasteiger partial charge in [0.25, 0.3) is 0 Å². The molecule has 1 N–H and O–H groups in total. The first kappa shape index (κ1) is 15.5. The zero-order valence-electron chi connectivity index (χ0n) is 13.5. The van der Waals surface area contributed by atoms with E-state index in [9.17, 15) is 0 Å². The van der Waals surface area contributed by atoms with Crippen LogP contribution in [0.15, 0.2) is 36.5 Å². The summed E-state index contributed by atoms with van der Waals surface area (Å²) in [5.74, 6) is 1.49. The summed E-state index contributed by atoms with van der Waals surface area (Å²) in [7, 11) is 1.93. The van der Waals surface area contributed by atoms with Crippen LogP contribution in [0.1, 0.15) is 37.5 Å². The van der Waals surface area contributed by atoms with Crippen molar-refractivity contribution >= 4 is 0 Å². The molecule has 3 nitrogen and oxygen atoms in total. The predicted octanol–water partition coefficient (Wildman–Crippen LogP) is 4.20. The van der Waals surface area contributed by atoms with Crippen molar-refractivity contribution in [1.29, 1.82) is 0 Å². The maximum Gasteiger partial charge on any atom is 0.219 e. The molecule has 2 aromatic rings. The van der Waals surface area contributed by atoms with Gasteiger partial charge in [-0.25, -0.2) is 4.98 Å². The molecule has 112 valence electrons. The zero-order valence-corrected chi connectivity index (χ0v) is 13.5. The van der Waals surface area contributed by atoms with Gasteiger partial charge in [-0.1, -0.05) is 32.9 Å². The van der Waals surface area contributed by atoms with Crippen molar-refractivity contribution in [3.05, 3.63) is 53.2 Å². The number of hydrogen-bond acceptors (Lipinski definition) is 3. The zero-order chi connectivity index (χ0) is 15.5. The lowest BCUT2D eigenvalue weighted by atomic mass is 9.86. The fraction of sp³-hybridized carbons (Fsp3) is 0.389. The third-order valence-electron chi connectivity index (χ3n) is 3.44. The van der Waals surface area contributed by atoms with Crippen LogP contribution >= 0.6 is 0 Å². The molecule has 0 aliphatic rings. The lowest BCUT2D eigenvalue weighted by molar-refractivity contribution is 0.457. The minimum Gasteiger partial charge on any atom is -0.439 e.